The van der Waals surface area contributed by atoms with Crippen LogP contribution in [0.15, 0.2) is 24.3 Å². The van der Waals surface area contributed by atoms with Crippen LogP contribution in [0.5, 0.6) is 0 Å². The Morgan fingerprint density at radius 2 is 1.77 bits per heavy atom. The van der Waals surface area contributed by atoms with Crippen molar-refractivity contribution in [2.45, 2.75) is 64.4 Å². The minimum atomic E-state index is -0.628. The third kappa shape index (κ3) is 5.13. The molecule has 3 nitrogen and oxygen atoms in total. The maximum Gasteiger partial charge on any atom is 0.220 e. The van der Waals surface area contributed by atoms with Crippen molar-refractivity contribution in [3.63, 3.8) is 0 Å². The van der Waals surface area contributed by atoms with Crippen molar-refractivity contribution in [1.82, 2.24) is 5.32 Å². The summed E-state index contributed by atoms with van der Waals surface area (Å²) in [5, 5.41) is 13.0. The highest BCUT2D eigenvalue weighted by molar-refractivity contribution is 5.75. The van der Waals surface area contributed by atoms with Crippen molar-refractivity contribution in [3.05, 3.63) is 35.4 Å². The first-order valence-corrected chi connectivity index (χ1v) is 8.61. The van der Waals surface area contributed by atoms with Crippen LogP contribution >= 0.6 is 0 Å². The van der Waals surface area contributed by atoms with Crippen LogP contribution in [0.4, 0.5) is 0 Å². The van der Waals surface area contributed by atoms with Crippen LogP contribution in [0.1, 0.15) is 75.5 Å². The Hall–Kier alpha value is -1.35. The van der Waals surface area contributed by atoms with E-state index < -0.39 is 6.10 Å². The molecule has 1 amide bonds. The quantitative estimate of drug-likeness (QED) is 0.802. The van der Waals surface area contributed by atoms with E-state index in [0.29, 0.717) is 18.9 Å². The lowest BCUT2D eigenvalue weighted by Gasteiger charge is -2.14. The van der Waals surface area contributed by atoms with Gasteiger partial charge in [-0.25, -0.2) is 0 Å². The van der Waals surface area contributed by atoms with E-state index in [2.05, 4.69) is 19.2 Å². The maximum atomic E-state index is 11.9. The molecule has 3 heteroatoms. The molecule has 0 spiro atoms. The van der Waals surface area contributed by atoms with Gasteiger partial charge in [0, 0.05) is 13.0 Å². The fourth-order valence-electron chi connectivity index (χ4n) is 3.15. The van der Waals surface area contributed by atoms with E-state index in [1.54, 1.807) is 0 Å². The summed E-state index contributed by atoms with van der Waals surface area (Å²) in [6.45, 7) is 4.59. The van der Waals surface area contributed by atoms with E-state index in [9.17, 15) is 9.90 Å². The minimum absolute atomic E-state index is 0.0600. The van der Waals surface area contributed by atoms with Crippen LogP contribution in [0, 0.1) is 5.92 Å². The summed E-state index contributed by atoms with van der Waals surface area (Å²) in [6, 6.07) is 7.99. The number of hydrogen-bond acceptors (Lipinski definition) is 2. The summed E-state index contributed by atoms with van der Waals surface area (Å²) in [4.78, 5) is 11.9. The lowest BCUT2D eigenvalue weighted by molar-refractivity contribution is -0.121. The molecule has 0 radical (unpaired) electrons. The fourth-order valence-corrected chi connectivity index (χ4v) is 3.15. The predicted octanol–water partition coefficient (Wildman–Crippen LogP) is 3.93. The van der Waals surface area contributed by atoms with Crippen molar-refractivity contribution in [2.75, 3.05) is 6.54 Å². The van der Waals surface area contributed by atoms with Gasteiger partial charge in [-0.15, -0.1) is 0 Å². The molecule has 0 heterocycles. The molecule has 0 bridgehead atoms. The number of benzene rings is 1. The number of hydrogen-bond donors (Lipinski definition) is 2. The van der Waals surface area contributed by atoms with Gasteiger partial charge in [-0.1, -0.05) is 63.8 Å². The zero-order valence-electron chi connectivity index (χ0n) is 13.8. The van der Waals surface area contributed by atoms with Gasteiger partial charge in [0.25, 0.3) is 0 Å². The Bertz CT molecular complexity index is 461. The Labute approximate surface area is 134 Å². The lowest BCUT2D eigenvalue weighted by Crippen LogP contribution is -2.28. The average Bonchev–Trinajstić information content (AvgIpc) is 3.04. The number of rotatable bonds is 7. The van der Waals surface area contributed by atoms with Crippen molar-refractivity contribution in [3.8, 4) is 0 Å². The molecule has 0 aliphatic heterocycles. The summed E-state index contributed by atoms with van der Waals surface area (Å²) in [7, 11) is 0. The van der Waals surface area contributed by atoms with Crippen molar-refractivity contribution < 1.29 is 9.90 Å². The maximum absolute atomic E-state index is 11.9. The Morgan fingerprint density at radius 1 is 1.18 bits per heavy atom. The molecule has 0 aromatic heterocycles. The van der Waals surface area contributed by atoms with Crippen LogP contribution in [0.25, 0.3) is 0 Å². The highest BCUT2D eigenvalue weighted by Crippen LogP contribution is 2.28. The van der Waals surface area contributed by atoms with E-state index >= 15 is 0 Å². The summed E-state index contributed by atoms with van der Waals surface area (Å²) in [6.07, 6.45) is 6.14. The van der Waals surface area contributed by atoms with Crippen LogP contribution in [-0.2, 0) is 4.79 Å². The van der Waals surface area contributed by atoms with E-state index in [-0.39, 0.29) is 5.91 Å². The summed E-state index contributed by atoms with van der Waals surface area (Å²) < 4.78 is 0. The van der Waals surface area contributed by atoms with Crippen molar-refractivity contribution >= 4 is 5.91 Å². The van der Waals surface area contributed by atoms with Crippen molar-refractivity contribution in [2.24, 2.45) is 5.92 Å². The first kappa shape index (κ1) is 17.0. The molecule has 1 aliphatic carbocycles. The van der Waals surface area contributed by atoms with E-state index in [1.165, 1.54) is 31.2 Å². The summed E-state index contributed by atoms with van der Waals surface area (Å²) in [5.74, 6) is 1.28. The number of nitrogens with one attached hydrogen (secondary N) is 1. The third-order valence-corrected chi connectivity index (χ3v) is 4.73. The number of carbonyl (C=O) groups is 1. The molecule has 1 aromatic carbocycles. The Balaban J connectivity index is 1.71. The second-order valence-electron chi connectivity index (χ2n) is 6.83. The summed E-state index contributed by atoms with van der Waals surface area (Å²) in [5.41, 5.74) is 2.12. The molecule has 1 atom stereocenters. The second-order valence-corrected chi connectivity index (χ2v) is 6.83. The van der Waals surface area contributed by atoms with Gasteiger partial charge in [0.2, 0.25) is 5.91 Å². The standard InChI is InChI=1S/C19H29NO2/c1-14(2)16-8-10-17(11-9-16)18(21)13-20-19(22)12-7-15-5-3-4-6-15/h8-11,14-15,18,21H,3-7,12-13H2,1-2H3,(H,20,22). The number of aliphatic hydroxyl groups excluding tert-OH is 1. The van der Waals surface area contributed by atoms with Crippen molar-refractivity contribution in [1.29, 1.82) is 0 Å². The van der Waals surface area contributed by atoms with Gasteiger partial charge in [0.15, 0.2) is 0 Å². The molecule has 0 saturated heterocycles. The molecule has 1 unspecified atom stereocenters. The van der Waals surface area contributed by atoms with E-state index in [4.69, 9.17) is 0 Å². The molecule has 2 rings (SSSR count). The monoisotopic (exact) mass is 303 g/mol. The molecule has 2 N–H and O–H groups in total. The number of carbonyl (C=O) groups excluding carboxylic acids is 1. The Kier molecular flexibility index (Phi) is 6.44. The van der Waals surface area contributed by atoms with Crippen LogP contribution < -0.4 is 5.32 Å². The number of amides is 1. The van der Waals surface area contributed by atoms with Gasteiger partial charge in [-0.05, 0) is 29.4 Å². The molecule has 1 saturated carbocycles. The molecular weight excluding hydrogens is 274 g/mol. The average molecular weight is 303 g/mol. The van der Waals surface area contributed by atoms with E-state index in [1.807, 2.05) is 24.3 Å². The first-order chi connectivity index (χ1) is 10.6. The second kappa shape index (κ2) is 8.33. The highest BCUT2D eigenvalue weighted by Gasteiger charge is 2.16. The van der Waals surface area contributed by atoms with E-state index in [0.717, 1.165) is 17.9 Å². The van der Waals surface area contributed by atoms with Crippen LogP contribution in [0.2, 0.25) is 0 Å². The molecule has 1 aromatic rings. The molecule has 1 aliphatic rings. The lowest BCUT2D eigenvalue weighted by atomic mass is 10.00. The van der Waals surface area contributed by atoms with Crippen LogP contribution in [-0.4, -0.2) is 17.6 Å². The fraction of sp³-hybridized carbons (Fsp3) is 0.632. The topological polar surface area (TPSA) is 49.3 Å². The van der Waals surface area contributed by atoms with Gasteiger partial charge in [0.1, 0.15) is 0 Å². The highest BCUT2D eigenvalue weighted by atomic mass is 16.3. The van der Waals surface area contributed by atoms with Gasteiger partial charge in [0.05, 0.1) is 6.10 Å². The molecule has 22 heavy (non-hydrogen) atoms. The van der Waals surface area contributed by atoms with Gasteiger partial charge >= 0.3 is 0 Å². The summed E-state index contributed by atoms with van der Waals surface area (Å²) >= 11 is 0. The van der Waals surface area contributed by atoms with Gasteiger partial charge < -0.3 is 10.4 Å². The molecule has 122 valence electrons. The zero-order valence-corrected chi connectivity index (χ0v) is 13.8. The smallest absolute Gasteiger partial charge is 0.220 e. The first-order valence-electron chi connectivity index (χ1n) is 8.61. The van der Waals surface area contributed by atoms with Crippen LogP contribution in [0.3, 0.4) is 0 Å². The largest absolute Gasteiger partial charge is 0.387 e. The SMILES string of the molecule is CC(C)c1ccc(C(O)CNC(=O)CCC2CCCC2)cc1. The predicted molar refractivity (Wildman–Crippen MR) is 89.7 cm³/mol. The number of aliphatic hydroxyl groups is 1. The molecular formula is C19H29NO2. The van der Waals surface area contributed by atoms with Gasteiger partial charge in [-0.3, -0.25) is 4.79 Å². The van der Waals surface area contributed by atoms with Gasteiger partial charge in [-0.2, -0.15) is 0 Å². The zero-order chi connectivity index (χ0) is 15.9. The normalized spacial score (nSPS) is 16.9. The molecule has 1 fully saturated rings. The Morgan fingerprint density at radius 3 is 2.36 bits per heavy atom. The minimum Gasteiger partial charge on any atom is -0.387 e. The third-order valence-electron chi connectivity index (χ3n) is 4.73.